The summed E-state index contributed by atoms with van der Waals surface area (Å²) >= 11 is 0. The Kier molecular flexibility index (Phi) is 13.7. The normalized spacial score (nSPS) is 11.3. The third-order valence-corrected chi connectivity index (χ3v) is 2.41. The SMILES string of the molecule is CCN(CCOCCOC)CCOCCOC. The first-order chi connectivity index (χ1) is 8.35. The van der Waals surface area contributed by atoms with Crippen LogP contribution >= 0.6 is 0 Å². The van der Waals surface area contributed by atoms with Crippen LogP contribution < -0.4 is 0 Å². The van der Waals surface area contributed by atoms with E-state index >= 15 is 0 Å². The lowest BCUT2D eigenvalue weighted by Gasteiger charge is -2.20. The minimum atomic E-state index is 0.659. The zero-order valence-corrected chi connectivity index (χ0v) is 11.4. The van der Waals surface area contributed by atoms with Crippen molar-refractivity contribution in [2.45, 2.75) is 6.92 Å². The largest absolute Gasteiger partial charge is 0.382 e. The average Bonchev–Trinajstić information content (AvgIpc) is 2.36. The molecule has 0 unspecified atom stereocenters. The Labute approximate surface area is 105 Å². The van der Waals surface area contributed by atoms with Crippen LogP contribution in [0.15, 0.2) is 0 Å². The lowest BCUT2D eigenvalue weighted by Crippen LogP contribution is -2.31. The second kappa shape index (κ2) is 13.9. The highest BCUT2D eigenvalue weighted by Crippen LogP contribution is 1.89. The van der Waals surface area contributed by atoms with E-state index in [1.165, 1.54) is 0 Å². The molecule has 17 heavy (non-hydrogen) atoms. The van der Waals surface area contributed by atoms with E-state index in [4.69, 9.17) is 18.9 Å². The Morgan fingerprint density at radius 3 is 1.53 bits per heavy atom. The van der Waals surface area contributed by atoms with Crippen molar-refractivity contribution >= 4 is 0 Å². The summed E-state index contributed by atoms with van der Waals surface area (Å²) in [5.41, 5.74) is 0. The second-order valence-electron chi connectivity index (χ2n) is 3.64. The van der Waals surface area contributed by atoms with Gasteiger partial charge in [-0.3, -0.25) is 4.90 Å². The highest BCUT2D eigenvalue weighted by atomic mass is 16.5. The number of ether oxygens (including phenoxy) is 4. The van der Waals surface area contributed by atoms with Crippen LogP contribution in [0.25, 0.3) is 0 Å². The molecular weight excluding hydrogens is 222 g/mol. The van der Waals surface area contributed by atoms with Crippen molar-refractivity contribution in [3.05, 3.63) is 0 Å². The quantitative estimate of drug-likeness (QED) is 0.448. The van der Waals surface area contributed by atoms with Crippen molar-refractivity contribution in [3.8, 4) is 0 Å². The van der Waals surface area contributed by atoms with Crippen molar-refractivity contribution in [2.24, 2.45) is 0 Å². The molecule has 0 fully saturated rings. The molecule has 0 rings (SSSR count). The van der Waals surface area contributed by atoms with Crippen LogP contribution in [-0.2, 0) is 18.9 Å². The highest BCUT2D eigenvalue weighted by molar-refractivity contribution is 4.54. The average molecular weight is 249 g/mol. The van der Waals surface area contributed by atoms with E-state index in [0.717, 1.165) is 32.8 Å². The van der Waals surface area contributed by atoms with Gasteiger partial charge in [-0.05, 0) is 6.54 Å². The molecule has 0 amide bonds. The summed E-state index contributed by atoms with van der Waals surface area (Å²) in [7, 11) is 3.36. The second-order valence-corrected chi connectivity index (χ2v) is 3.64. The van der Waals surface area contributed by atoms with Crippen LogP contribution in [0.5, 0.6) is 0 Å². The van der Waals surface area contributed by atoms with E-state index in [1.54, 1.807) is 14.2 Å². The Hall–Kier alpha value is -0.200. The van der Waals surface area contributed by atoms with Gasteiger partial charge in [-0.15, -0.1) is 0 Å². The topological polar surface area (TPSA) is 40.2 Å². The fourth-order valence-electron chi connectivity index (χ4n) is 1.30. The van der Waals surface area contributed by atoms with E-state index in [0.29, 0.717) is 26.4 Å². The van der Waals surface area contributed by atoms with E-state index < -0.39 is 0 Å². The van der Waals surface area contributed by atoms with Gasteiger partial charge in [0.1, 0.15) is 0 Å². The van der Waals surface area contributed by atoms with Crippen LogP contribution in [-0.4, -0.2) is 78.4 Å². The Bertz CT molecular complexity index is 132. The maximum Gasteiger partial charge on any atom is 0.0700 e. The lowest BCUT2D eigenvalue weighted by atomic mass is 10.5. The summed E-state index contributed by atoms with van der Waals surface area (Å²) in [6, 6.07) is 0. The molecule has 0 aromatic carbocycles. The molecule has 0 bridgehead atoms. The molecule has 104 valence electrons. The van der Waals surface area contributed by atoms with Crippen LogP contribution in [0.4, 0.5) is 0 Å². The molecule has 0 atom stereocenters. The van der Waals surface area contributed by atoms with Crippen molar-refractivity contribution in [1.29, 1.82) is 0 Å². The maximum atomic E-state index is 5.42. The monoisotopic (exact) mass is 249 g/mol. The number of likely N-dealkylation sites (N-methyl/N-ethyl adjacent to an activating group) is 1. The Morgan fingerprint density at radius 2 is 1.18 bits per heavy atom. The molecule has 0 aliphatic carbocycles. The highest BCUT2D eigenvalue weighted by Gasteiger charge is 2.01. The van der Waals surface area contributed by atoms with Gasteiger partial charge in [0, 0.05) is 27.3 Å². The molecule has 0 spiro atoms. The first-order valence-corrected chi connectivity index (χ1v) is 6.20. The van der Waals surface area contributed by atoms with Crippen molar-refractivity contribution in [3.63, 3.8) is 0 Å². The predicted molar refractivity (Wildman–Crippen MR) is 67.5 cm³/mol. The zero-order chi connectivity index (χ0) is 12.8. The van der Waals surface area contributed by atoms with E-state index in [2.05, 4.69) is 11.8 Å². The zero-order valence-electron chi connectivity index (χ0n) is 11.4. The molecule has 0 aliphatic heterocycles. The van der Waals surface area contributed by atoms with E-state index in [-0.39, 0.29) is 0 Å². The van der Waals surface area contributed by atoms with Gasteiger partial charge in [-0.1, -0.05) is 6.92 Å². The van der Waals surface area contributed by atoms with Crippen LogP contribution in [0, 0.1) is 0 Å². The van der Waals surface area contributed by atoms with Crippen molar-refractivity contribution in [2.75, 3.05) is 73.5 Å². The molecule has 0 N–H and O–H groups in total. The number of hydrogen-bond donors (Lipinski definition) is 0. The maximum absolute atomic E-state index is 5.42. The molecule has 0 aliphatic rings. The summed E-state index contributed by atoms with van der Waals surface area (Å²) in [6.45, 7) is 9.17. The molecule has 5 heteroatoms. The third-order valence-electron chi connectivity index (χ3n) is 2.41. The van der Waals surface area contributed by atoms with Gasteiger partial charge in [0.25, 0.3) is 0 Å². The Morgan fingerprint density at radius 1 is 0.706 bits per heavy atom. The Balaban J connectivity index is 3.30. The molecule has 0 saturated heterocycles. The predicted octanol–water partition coefficient (Wildman–Crippen LogP) is 0.634. The van der Waals surface area contributed by atoms with Crippen molar-refractivity contribution < 1.29 is 18.9 Å². The summed E-state index contributed by atoms with van der Waals surface area (Å²) in [4.78, 5) is 2.31. The number of rotatable bonds is 13. The first-order valence-electron chi connectivity index (χ1n) is 6.20. The molecule has 0 radical (unpaired) electrons. The number of methoxy groups -OCH3 is 2. The lowest BCUT2D eigenvalue weighted by molar-refractivity contribution is 0.0394. The van der Waals surface area contributed by atoms with E-state index in [1.807, 2.05) is 0 Å². The fourth-order valence-corrected chi connectivity index (χ4v) is 1.30. The number of nitrogens with zero attached hydrogens (tertiary/aromatic N) is 1. The first kappa shape index (κ1) is 16.8. The van der Waals surface area contributed by atoms with Crippen LogP contribution in [0.1, 0.15) is 6.92 Å². The molecule has 0 aromatic heterocycles. The molecule has 0 saturated carbocycles. The van der Waals surface area contributed by atoms with Gasteiger partial charge in [-0.25, -0.2) is 0 Å². The summed E-state index contributed by atoms with van der Waals surface area (Å²) in [5, 5.41) is 0. The molecular formula is C12H27NO4. The third kappa shape index (κ3) is 12.1. The van der Waals surface area contributed by atoms with Gasteiger partial charge < -0.3 is 18.9 Å². The van der Waals surface area contributed by atoms with Crippen molar-refractivity contribution in [1.82, 2.24) is 4.90 Å². The molecule has 5 nitrogen and oxygen atoms in total. The standard InChI is InChI=1S/C12H27NO4/c1-4-13(5-7-16-11-9-14-2)6-8-17-12-10-15-3/h4-12H2,1-3H3. The summed E-state index contributed by atoms with van der Waals surface area (Å²) < 4.78 is 20.7. The fraction of sp³-hybridized carbons (Fsp3) is 1.00. The van der Waals surface area contributed by atoms with Gasteiger partial charge in [0.2, 0.25) is 0 Å². The van der Waals surface area contributed by atoms with E-state index in [9.17, 15) is 0 Å². The van der Waals surface area contributed by atoms with Gasteiger partial charge >= 0.3 is 0 Å². The van der Waals surface area contributed by atoms with Gasteiger partial charge in [-0.2, -0.15) is 0 Å². The molecule has 0 heterocycles. The van der Waals surface area contributed by atoms with Crippen LogP contribution in [0.2, 0.25) is 0 Å². The minimum Gasteiger partial charge on any atom is -0.382 e. The summed E-state index contributed by atoms with van der Waals surface area (Å²) in [6.07, 6.45) is 0. The smallest absolute Gasteiger partial charge is 0.0700 e. The van der Waals surface area contributed by atoms with Gasteiger partial charge in [0.15, 0.2) is 0 Å². The van der Waals surface area contributed by atoms with Crippen LogP contribution in [0.3, 0.4) is 0 Å². The van der Waals surface area contributed by atoms with Gasteiger partial charge in [0.05, 0.1) is 39.6 Å². The number of hydrogen-bond acceptors (Lipinski definition) is 5. The minimum absolute atomic E-state index is 0.659. The molecule has 0 aromatic rings. The summed E-state index contributed by atoms with van der Waals surface area (Å²) in [5.74, 6) is 0.